The van der Waals surface area contributed by atoms with E-state index in [9.17, 15) is 4.79 Å². The van der Waals surface area contributed by atoms with Gasteiger partial charge in [-0.2, -0.15) is 0 Å². The van der Waals surface area contributed by atoms with E-state index in [2.05, 4.69) is 28.2 Å². The molecule has 1 amide bonds. The molecule has 0 radical (unpaired) electrons. The van der Waals surface area contributed by atoms with Gasteiger partial charge in [-0.05, 0) is 68.2 Å². The normalized spacial score (nSPS) is 14.0. The summed E-state index contributed by atoms with van der Waals surface area (Å²) in [4.78, 5) is 13.7. The molecule has 0 saturated carbocycles. The number of halogens is 1. The first-order chi connectivity index (χ1) is 11.0. The van der Waals surface area contributed by atoms with Crippen molar-refractivity contribution < 1.29 is 14.3 Å². The number of ether oxygens (including phenoxy) is 2. The number of hydrogen-bond acceptors (Lipinski definition) is 4. The highest BCUT2D eigenvalue weighted by atomic mass is 79.9. The van der Waals surface area contributed by atoms with Gasteiger partial charge in [0.2, 0.25) is 0 Å². The van der Waals surface area contributed by atoms with Crippen molar-refractivity contribution in [1.29, 1.82) is 0 Å². The van der Waals surface area contributed by atoms with Crippen LogP contribution in [0.3, 0.4) is 0 Å². The van der Waals surface area contributed by atoms with Crippen LogP contribution < -0.4 is 10.1 Å². The Kier molecular flexibility index (Phi) is 7.55. The summed E-state index contributed by atoms with van der Waals surface area (Å²) < 4.78 is 11.6. The molecule has 0 spiro atoms. The molecule has 1 aromatic carbocycles. The Morgan fingerprint density at radius 3 is 2.46 bits per heavy atom. The summed E-state index contributed by atoms with van der Waals surface area (Å²) in [5.41, 5.74) is 0.663. The third kappa shape index (κ3) is 6.32. The van der Waals surface area contributed by atoms with E-state index in [1.165, 1.54) is 0 Å². The number of hydrogen-bond donors (Lipinski definition) is 1. The molecular formula is C18H29BrN2O3. The van der Waals surface area contributed by atoms with Gasteiger partial charge in [0.1, 0.15) is 11.4 Å². The van der Waals surface area contributed by atoms with Crippen LogP contribution in [0.15, 0.2) is 22.7 Å². The number of likely N-dealkylation sites (N-methyl/N-ethyl adjacent to an activating group) is 1. The summed E-state index contributed by atoms with van der Waals surface area (Å²) >= 11 is 3.50. The maximum Gasteiger partial charge on any atom is 0.410 e. The Balaban J connectivity index is 2.58. The van der Waals surface area contributed by atoms with Gasteiger partial charge in [0.15, 0.2) is 0 Å². The lowest BCUT2D eigenvalue weighted by molar-refractivity contribution is 0.0234. The van der Waals surface area contributed by atoms with Crippen LogP contribution in [-0.2, 0) is 4.74 Å². The summed E-state index contributed by atoms with van der Waals surface area (Å²) in [7, 11) is 3.41. The number of carbonyl (C=O) groups is 1. The van der Waals surface area contributed by atoms with Crippen LogP contribution >= 0.6 is 15.9 Å². The number of nitrogens with one attached hydrogen (secondary N) is 1. The molecule has 6 heteroatoms. The predicted molar refractivity (Wildman–Crippen MR) is 101 cm³/mol. The number of rotatable bonds is 6. The number of methoxy groups -OCH3 is 1. The van der Waals surface area contributed by atoms with Crippen LogP contribution in [0.5, 0.6) is 5.75 Å². The Hall–Kier alpha value is -1.27. The van der Waals surface area contributed by atoms with Gasteiger partial charge in [-0.15, -0.1) is 0 Å². The fourth-order valence-electron chi connectivity index (χ4n) is 2.07. The van der Waals surface area contributed by atoms with E-state index in [4.69, 9.17) is 9.47 Å². The minimum absolute atomic E-state index is 0.0176. The number of amides is 1. The van der Waals surface area contributed by atoms with E-state index >= 15 is 0 Å². The van der Waals surface area contributed by atoms with E-state index in [0.29, 0.717) is 6.54 Å². The van der Waals surface area contributed by atoms with Crippen molar-refractivity contribution in [3.8, 4) is 5.75 Å². The second-order valence-electron chi connectivity index (χ2n) is 6.96. The minimum atomic E-state index is -0.485. The van der Waals surface area contributed by atoms with E-state index < -0.39 is 5.60 Å². The molecule has 0 saturated heterocycles. The summed E-state index contributed by atoms with van der Waals surface area (Å²) in [5, 5.41) is 3.45. The Morgan fingerprint density at radius 2 is 1.96 bits per heavy atom. The van der Waals surface area contributed by atoms with Gasteiger partial charge < -0.3 is 19.7 Å². The summed E-state index contributed by atoms with van der Waals surface area (Å²) in [6, 6.07) is 6.18. The second kappa shape index (κ2) is 8.72. The van der Waals surface area contributed by atoms with E-state index in [0.717, 1.165) is 15.8 Å². The standard InChI is InChI=1S/C18H29BrN2O3/c1-12(21(6)17(22)24-18(3,4)5)11-20-13(2)14-8-9-16(23-7)15(19)10-14/h8-10,12-13,20H,11H2,1-7H3. The van der Waals surface area contributed by atoms with Gasteiger partial charge in [-0.25, -0.2) is 4.79 Å². The molecule has 0 aromatic heterocycles. The Morgan fingerprint density at radius 1 is 1.33 bits per heavy atom. The Labute approximate surface area is 153 Å². The summed E-state index contributed by atoms with van der Waals surface area (Å²) in [6.07, 6.45) is -0.309. The lowest BCUT2D eigenvalue weighted by atomic mass is 10.1. The molecule has 24 heavy (non-hydrogen) atoms. The van der Waals surface area contributed by atoms with Crippen LogP contribution in [0.2, 0.25) is 0 Å². The van der Waals surface area contributed by atoms with Crippen molar-refractivity contribution in [1.82, 2.24) is 10.2 Å². The quantitative estimate of drug-likeness (QED) is 0.770. The largest absolute Gasteiger partial charge is 0.496 e. The molecule has 5 nitrogen and oxygen atoms in total. The van der Waals surface area contributed by atoms with Crippen molar-refractivity contribution >= 4 is 22.0 Å². The molecule has 0 bridgehead atoms. The average Bonchev–Trinajstić information content (AvgIpc) is 2.49. The molecular weight excluding hydrogens is 372 g/mol. The zero-order valence-corrected chi connectivity index (χ0v) is 17.2. The fourth-order valence-corrected chi connectivity index (χ4v) is 2.63. The molecule has 1 N–H and O–H groups in total. The molecule has 1 aromatic rings. The van der Waals surface area contributed by atoms with Crippen molar-refractivity contribution in [2.24, 2.45) is 0 Å². The molecule has 136 valence electrons. The van der Waals surface area contributed by atoms with Crippen LogP contribution in [0.1, 0.15) is 46.2 Å². The molecule has 2 unspecified atom stereocenters. The van der Waals surface area contributed by atoms with Crippen LogP contribution in [-0.4, -0.2) is 43.3 Å². The highest BCUT2D eigenvalue weighted by Gasteiger charge is 2.23. The molecule has 0 heterocycles. The smallest absolute Gasteiger partial charge is 0.410 e. The highest BCUT2D eigenvalue weighted by Crippen LogP contribution is 2.28. The van der Waals surface area contributed by atoms with Gasteiger partial charge >= 0.3 is 6.09 Å². The molecule has 1 rings (SSSR count). The molecule has 0 aliphatic heterocycles. The van der Waals surface area contributed by atoms with Crippen LogP contribution in [0.25, 0.3) is 0 Å². The van der Waals surface area contributed by atoms with Gasteiger partial charge in [-0.3, -0.25) is 0 Å². The van der Waals surface area contributed by atoms with Crippen LogP contribution in [0, 0.1) is 0 Å². The topological polar surface area (TPSA) is 50.8 Å². The first-order valence-electron chi connectivity index (χ1n) is 8.07. The van der Waals surface area contributed by atoms with Crippen molar-refractivity contribution in [2.75, 3.05) is 20.7 Å². The second-order valence-corrected chi connectivity index (χ2v) is 7.82. The van der Waals surface area contributed by atoms with Gasteiger partial charge in [0.25, 0.3) is 0 Å². The fraction of sp³-hybridized carbons (Fsp3) is 0.611. The lowest BCUT2D eigenvalue weighted by Crippen LogP contribution is -2.44. The number of benzene rings is 1. The average molecular weight is 401 g/mol. The monoisotopic (exact) mass is 400 g/mol. The molecule has 0 aliphatic carbocycles. The van der Waals surface area contributed by atoms with Crippen molar-refractivity contribution in [2.45, 2.75) is 52.3 Å². The van der Waals surface area contributed by atoms with Gasteiger partial charge in [0.05, 0.1) is 11.6 Å². The predicted octanol–water partition coefficient (Wildman–Crippen LogP) is 4.36. The molecule has 2 atom stereocenters. The highest BCUT2D eigenvalue weighted by molar-refractivity contribution is 9.10. The maximum atomic E-state index is 12.1. The van der Waals surface area contributed by atoms with Crippen molar-refractivity contribution in [3.05, 3.63) is 28.2 Å². The zero-order valence-electron chi connectivity index (χ0n) is 15.6. The first-order valence-corrected chi connectivity index (χ1v) is 8.87. The first kappa shape index (κ1) is 20.8. The zero-order chi connectivity index (χ0) is 18.5. The lowest BCUT2D eigenvalue weighted by Gasteiger charge is -2.29. The molecule has 0 aliphatic rings. The number of carbonyl (C=O) groups excluding carboxylic acids is 1. The van der Waals surface area contributed by atoms with E-state index in [1.807, 2.05) is 45.9 Å². The van der Waals surface area contributed by atoms with E-state index in [1.54, 1.807) is 19.1 Å². The summed E-state index contributed by atoms with van der Waals surface area (Å²) in [6.45, 7) is 10.4. The minimum Gasteiger partial charge on any atom is -0.496 e. The van der Waals surface area contributed by atoms with Crippen molar-refractivity contribution in [3.63, 3.8) is 0 Å². The SMILES string of the molecule is COc1ccc(C(C)NCC(C)N(C)C(=O)OC(C)(C)C)cc1Br. The molecule has 0 fully saturated rings. The number of nitrogens with zero attached hydrogens (tertiary/aromatic N) is 1. The Bertz CT molecular complexity index is 558. The van der Waals surface area contributed by atoms with Gasteiger partial charge in [-0.1, -0.05) is 6.07 Å². The van der Waals surface area contributed by atoms with E-state index in [-0.39, 0.29) is 18.2 Å². The third-order valence-corrected chi connectivity index (χ3v) is 4.36. The summed E-state index contributed by atoms with van der Waals surface area (Å²) in [5.74, 6) is 0.809. The van der Waals surface area contributed by atoms with Crippen LogP contribution in [0.4, 0.5) is 4.79 Å². The third-order valence-electron chi connectivity index (χ3n) is 3.74. The van der Waals surface area contributed by atoms with Gasteiger partial charge in [0, 0.05) is 25.7 Å². The maximum absolute atomic E-state index is 12.1.